The van der Waals surface area contributed by atoms with Gasteiger partial charge in [-0.1, -0.05) is 17.7 Å². The molecule has 1 aromatic heterocycles. The fraction of sp³-hybridized carbons (Fsp3) is 0.250. The molecule has 0 unspecified atom stereocenters. The van der Waals surface area contributed by atoms with Crippen molar-refractivity contribution >= 4 is 11.8 Å². The summed E-state index contributed by atoms with van der Waals surface area (Å²) in [6, 6.07) is 9.96. The van der Waals surface area contributed by atoms with E-state index in [1.165, 1.54) is 11.8 Å². The number of nitrogens with zero attached hydrogens (tertiary/aromatic N) is 3. The van der Waals surface area contributed by atoms with Gasteiger partial charge in [0.15, 0.2) is 0 Å². The van der Waals surface area contributed by atoms with Crippen LogP contribution in [0.2, 0.25) is 0 Å². The molecule has 0 aliphatic carbocycles. The molecule has 0 spiro atoms. The fourth-order valence-electron chi connectivity index (χ4n) is 1.33. The normalized spacial score (nSPS) is 12.1. The van der Waals surface area contributed by atoms with E-state index < -0.39 is 0 Å². The summed E-state index contributed by atoms with van der Waals surface area (Å²) in [5, 5.41) is 16.8. The van der Waals surface area contributed by atoms with Crippen LogP contribution in [0.1, 0.15) is 12.5 Å². The van der Waals surface area contributed by atoms with E-state index in [0.29, 0.717) is 11.1 Å². The zero-order valence-corrected chi connectivity index (χ0v) is 10.4. The number of hydrogen-bond acceptors (Lipinski definition) is 5. The molecule has 0 saturated heterocycles. The van der Waals surface area contributed by atoms with E-state index in [0.717, 1.165) is 11.1 Å². The van der Waals surface area contributed by atoms with Gasteiger partial charge in [0.1, 0.15) is 0 Å². The Labute approximate surface area is 104 Å². The second-order valence-corrected chi connectivity index (χ2v) is 4.92. The maximum atomic E-state index is 8.70. The molecule has 5 heteroatoms. The number of rotatable bonds is 3. The summed E-state index contributed by atoms with van der Waals surface area (Å²) in [6.45, 7) is 3.80. The summed E-state index contributed by atoms with van der Waals surface area (Å²) in [4.78, 5) is 0. The molecule has 0 fully saturated rings. The molecular formula is C12H11N3OS. The molecule has 1 atom stereocenters. The molecule has 0 amide bonds. The number of nitriles is 1. The first-order valence-corrected chi connectivity index (χ1v) is 6.04. The van der Waals surface area contributed by atoms with Crippen LogP contribution in [-0.4, -0.2) is 15.4 Å². The topological polar surface area (TPSA) is 62.7 Å². The molecule has 2 aromatic rings. The van der Waals surface area contributed by atoms with Gasteiger partial charge in [0, 0.05) is 5.56 Å². The quantitative estimate of drug-likeness (QED) is 0.778. The van der Waals surface area contributed by atoms with Crippen molar-refractivity contribution in [1.29, 1.82) is 5.26 Å². The highest BCUT2D eigenvalue weighted by atomic mass is 32.2. The molecule has 1 heterocycles. The minimum absolute atomic E-state index is 0.194. The average Bonchev–Trinajstić information content (AvgIpc) is 2.77. The molecule has 0 aliphatic rings. The highest BCUT2D eigenvalue weighted by Gasteiger charge is 2.11. The molecule has 0 aliphatic heterocycles. The third kappa shape index (κ3) is 2.86. The number of benzene rings is 1. The second-order valence-electron chi connectivity index (χ2n) is 3.63. The average molecular weight is 245 g/mol. The molecule has 4 nitrogen and oxygen atoms in total. The minimum atomic E-state index is -0.194. The molecule has 86 valence electrons. The first kappa shape index (κ1) is 11.7. The zero-order chi connectivity index (χ0) is 12.3. The van der Waals surface area contributed by atoms with Crippen LogP contribution in [0.5, 0.6) is 0 Å². The molecule has 0 saturated carbocycles. The molecule has 0 radical (unpaired) electrons. The SMILES string of the molecule is Cc1cccc(-c2nnc(S[C@@H](C)C#N)o2)c1. The molecule has 0 bridgehead atoms. The van der Waals surface area contributed by atoms with Crippen molar-refractivity contribution in [2.75, 3.05) is 0 Å². The van der Waals surface area contributed by atoms with E-state index in [4.69, 9.17) is 9.68 Å². The van der Waals surface area contributed by atoms with Gasteiger partial charge < -0.3 is 4.42 Å². The van der Waals surface area contributed by atoms with Crippen LogP contribution in [-0.2, 0) is 0 Å². The lowest BCUT2D eigenvalue weighted by atomic mass is 10.1. The first-order valence-electron chi connectivity index (χ1n) is 5.16. The van der Waals surface area contributed by atoms with Crippen molar-refractivity contribution in [3.05, 3.63) is 29.8 Å². The summed E-state index contributed by atoms with van der Waals surface area (Å²) in [6.07, 6.45) is 0. The van der Waals surface area contributed by atoms with E-state index in [9.17, 15) is 0 Å². The highest BCUT2D eigenvalue weighted by Crippen LogP contribution is 2.25. The van der Waals surface area contributed by atoms with Crippen LogP contribution in [0, 0.1) is 18.3 Å². The van der Waals surface area contributed by atoms with Gasteiger partial charge in [0.05, 0.1) is 11.3 Å². The van der Waals surface area contributed by atoms with Gasteiger partial charge in [-0.2, -0.15) is 5.26 Å². The Morgan fingerprint density at radius 1 is 1.41 bits per heavy atom. The van der Waals surface area contributed by atoms with Crippen LogP contribution >= 0.6 is 11.8 Å². The van der Waals surface area contributed by atoms with Crippen molar-refractivity contribution in [3.8, 4) is 17.5 Å². The molecule has 17 heavy (non-hydrogen) atoms. The molecular weight excluding hydrogens is 234 g/mol. The summed E-state index contributed by atoms with van der Waals surface area (Å²) < 4.78 is 5.49. The van der Waals surface area contributed by atoms with Crippen LogP contribution in [0.3, 0.4) is 0 Å². The Morgan fingerprint density at radius 2 is 2.24 bits per heavy atom. The van der Waals surface area contributed by atoms with E-state index in [1.54, 1.807) is 6.92 Å². The standard InChI is InChI=1S/C12H11N3OS/c1-8-4-3-5-10(6-8)11-14-15-12(16-11)17-9(2)7-13/h3-6,9H,1-2H3/t9-/m0/s1. The minimum Gasteiger partial charge on any atom is -0.411 e. The van der Waals surface area contributed by atoms with Gasteiger partial charge in [-0.15, -0.1) is 10.2 Å². The molecule has 2 rings (SSSR count). The smallest absolute Gasteiger partial charge is 0.278 e. The predicted octanol–water partition coefficient (Wildman–Crippen LogP) is 3.05. The van der Waals surface area contributed by atoms with Crippen molar-refractivity contribution in [2.45, 2.75) is 24.3 Å². The summed E-state index contributed by atoms with van der Waals surface area (Å²) in [5.41, 5.74) is 2.04. The van der Waals surface area contributed by atoms with Gasteiger partial charge in [0.2, 0.25) is 5.89 Å². The summed E-state index contributed by atoms with van der Waals surface area (Å²) in [7, 11) is 0. The van der Waals surface area contributed by atoms with Crippen molar-refractivity contribution in [1.82, 2.24) is 10.2 Å². The highest BCUT2D eigenvalue weighted by molar-refractivity contribution is 7.99. The second kappa shape index (κ2) is 5.02. The number of hydrogen-bond donors (Lipinski definition) is 0. The van der Waals surface area contributed by atoms with Crippen molar-refractivity contribution in [3.63, 3.8) is 0 Å². The van der Waals surface area contributed by atoms with Gasteiger partial charge in [0.25, 0.3) is 5.22 Å². The zero-order valence-electron chi connectivity index (χ0n) is 9.54. The van der Waals surface area contributed by atoms with E-state index in [1.807, 2.05) is 31.2 Å². The van der Waals surface area contributed by atoms with Gasteiger partial charge in [-0.3, -0.25) is 0 Å². The lowest BCUT2D eigenvalue weighted by Gasteiger charge is -1.96. The van der Waals surface area contributed by atoms with Gasteiger partial charge in [-0.05, 0) is 37.7 Å². The Hall–Kier alpha value is -1.80. The first-order chi connectivity index (χ1) is 8.19. The van der Waals surface area contributed by atoms with Crippen LogP contribution in [0.4, 0.5) is 0 Å². The summed E-state index contributed by atoms with van der Waals surface area (Å²) in [5.74, 6) is 0.487. The third-order valence-corrected chi connectivity index (χ3v) is 2.96. The van der Waals surface area contributed by atoms with Crippen molar-refractivity contribution in [2.24, 2.45) is 0 Å². The third-order valence-electron chi connectivity index (χ3n) is 2.13. The Balaban J connectivity index is 2.21. The number of aryl methyl sites for hydroxylation is 1. The lowest BCUT2D eigenvalue weighted by Crippen LogP contribution is -1.88. The Morgan fingerprint density at radius 3 is 2.94 bits per heavy atom. The van der Waals surface area contributed by atoms with E-state index in [2.05, 4.69) is 16.3 Å². The van der Waals surface area contributed by atoms with Crippen LogP contribution in [0.15, 0.2) is 33.9 Å². The van der Waals surface area contributed by atoms with E-state index in [-0.39, 0.29) is 5.25 Å². The monoisotopic (exact) mass is 245 g/mol. The maximum Gasteiger partial charge on any atom is 0.278 e. The van der Waals surface area contributed by atoms with Crippen LogP contribution < -0.4 is 0 Å². The van der Waals surface area contributed by atoms with Crippen molar-refractivity contribution < 1.29 is 4.42 Å². The Kier molecular flexibility index (Phi) is 3.45. The lowest BCUT2D eigenvalue weighted by molar-refractivity contribution is 0.465. The molecule has 0 N–H and O–H groups in total. The van der Waals surface area contributed by atoms with Gasteiger partial charge >= 0.3 is 0 Å². The Bertz CT molecular complexity index is 559. The number of aromatic nitrogens is 2. The summed E-state index contributed by atoms with van der Waals surface area (Å²) >= 11 is 1.26. The van der Waals surface area contributed by atoms with E-state index >= 15 is 0 Å². The maximum absolute atomic E-state index is 8.70. The van der Waals surface area contributed by atoms with Gasteiger partial charge in [-0.25, -0.2) is 0 Å². The largest absolute Gasteiger partial charge is 0.411 e. The predicted molar refractivity (Wildman–Crippen MR) is 65.4 cm³/mol. The fourth-order valence-corrected chi connectivity index (χ4v) is 1.90. The van der Waals surface area contributed by atoms with Crippen LogP contribution in [0.25, 0.3) is 11.5 Å². The molecule has 1 aromatic carbocycles. The number of thioether (sulfide) groups is 1.